The van der Waals surface area contributed by atoms with Crippen LogP contribution in [0, 0.1) is 0 Å². The van der Waals surface area contributed by atoms with Crippen molar-refractivity contribution >= 4 is 32.4 Å². The van der Waals surface area contributed by atoms with Gasteiger partial charge in [0.2, 0.25) is 0 Å². The molecule has 0 aliphatic heterocycles. The first-order chi connectivity index (χ1) is 10.4. The van der Waals surface area contributed by atoms with E-state index in [1.807, 2.05) is 0 Å². The Morgan fingerprint density at radius 3 is 2.09 bits per heavy atom. The predicted molar refractivity (Wildman–Crippen MR) is 105 cm³/mol. The largest absolute Gasteiger partial charge is 0.196 e. The molecule has 0 aromatic heterocycles. The van der Waals surface area contributed by atoms with Gasteiger partial charge in [-0.15, -0.1) is 15.3 Å². The Bertz CT molecular complexity index is 601. The molecule has 0 N–H and O–H groups in total. The molecule has 118 valence electrons. The number of rotatable bonds is 5. The van der Waals surface area contributed by atoms with E-state index in [2.05, 4.69) is 97.6 Å². The van der Waals surface area contributed by atoms with E-state index in [-0.39, 0.29) is 5.04 Å². The Hall–Kier alpha value is -0.863. The van der Waals surface area contributed by atoms with Gasteiger partial charge in [0.05, 0.1) is 0 Å². The van der Waals surface area contributed by atoms with Gasteiger partial charge in [0, 0.05) is 0 Å². The Labute approximate surface area is 144 Å². The number of hydrogen-bond donors (Lipinski definition) is 0. The zero-order valence-corrected chi connectivity index (χ0v) is 16.8. The molecule has 0 saturated heterocycles. The zero-order valence-electron chi connectivity index (χ0n) is 14.2. The molecule has 0 bridgehead atoms. The standard InChI is InChI=1S/C20H27BrSi/c1-5-6-12-17-13-10-11-16-19(17)22(21,20(2,3)4)18-14-8-7-9-15-18/h7-11,13-16H,5-6,12H2,1-4H3. The molecule has 0 spiro atoms. The summed E-state index contributed by atoms with van der Waals surface area (Å²) in [5.41, 5.74) is 1.52. The van der Waals surface area contributed by atoms with E-state index in [0.29, 0.717) is 0 Å². The molecule has 1 unspecified atom stereocenters. The lowest BCUT2D eigenvalue weighted by atomic mass is 10.1. The third-order valence-electron chi connectivity index (χ3n) is 4.39. The molecule has 0 radical (unpaired) electrons. The highest BCUT2D eigenvalue weighted by atomic mass is 79.9. The van der Waals surface area contributed by atoms with Crippen molar-refractivity contribution < 1.29 is 0 Å². The van der Waals surface area contributed by atoms with Gasteiger partial charge in [-0.2, -0.15) is 0 Å². The van der Waals surface area contributed by atoms with Gasteiger partial charge in [-0.05, 0) is 33.8 Å². The van der Waals surface area contributed by atoms with Crippen LogP contribution in [0.2, 0.25) is 5.04 Å². The van der Waals surface area contributed by atoms with Crippen LogP contribution in [0.4, 0.5) is 0 Å². The fourth-order valence-electron chi connectivity index (χ4n) is 3.10. The lowest BCUT2D eigenvalue weighted by Gasteiger charge is -2.40. The molecular weight excluding hydrogens is 348 g/mol. The lowest BCUT2D eigenvalue weighted by Crippen LogP contribution is -2.60. The molecule has 2 aromatic rings. The third kappa shape index (κ3) is 3.38. The van der Waals surface area contributed by atoms with Gasteiger partial charge in [-0.25, -0.2) is 0 Å². The molecule has 0 amide bonds. The minimum Gasteiger partial charge on any atom is -0.113 e. The summed E-state index contributed by atoms with van der Waals surface area (Å²) in [7, 11) is 0. The molecule has 2 heteroatoms. The topological polar surface area (TPSA) is 0 Å². The number of aryl methyl sites for hydroxylation is 1. The van der Waals surface area contributed by atoms with Crippen LogP contribution < -0.4 is 10.4 Å². The summed E-state index contributed by atoms with van der Waals surface area (Å²) in [4.78, 5) is 0. The molecule has 0 nitrogen and oxygen atoms in total. The Balaban J connectivity index is 2.62. The quantitative estimate of drug-likeness (QED) is 0.492. The fraction of sp³-hybridized carbons (Fsp3) is 0.400. The van der Waals surface area contributed by atoms with Gasteiger partial charge in [0.15, 0.2) is 6.69 Å². The van der Waals surface area contributed by atoms with Gasteiger partial charge < -0.3 is 0 Å². The van der Waals surface area contributed by atoms with Gasteiger partial charge >= 0.3 is 0 Å². The molecular formula is C20H27BrSi. The monoisotopic (exact) mass is 374 g/mol. The molecule has 1 atom stereocenters. The van der Waals surface area contributed by atoms with Crippen molar-refractivity contribution in [3.05, 3.63) is 60.2 Å². The minimum atomic E-state index is -1.99. The van der Waals surface area contributed by atoms with E-state index >= 15 is 0 Å². The Kier molecular flexibility index (Phi) is 5.68. The Morgan fingerprint density at radius 1 is 0.909 bits per heavy atom. The van der Waals surface area contributed by atoms with Crippen molar-refractivity contribution in [2.24, 2.45) is 0 Å². The highest BCUT2D eigenvalue weighted by Gasteiger charge is 2.46. The maximum atomic E-state index is 4.30. The second-order valence-corrected chi connectivity index (χ2v) is 14.5. The van der Waals surface area contributed by atoms with Crippen LogP contribution in [0.5, 0.6) is 0 Å². The molecule has 22 heavy (non-hydrogen) atoms. The van der Waals surface area contributed by atoms with Crippen molar-refractivity contribution in [3.63, 3.8) is 0 Å². The van der Waals surface area contributed by atoms with Crippen molar-refractivity contribution in [3.8, 4) is 0 Å². The first-order valence-corrected chi connectivity index (χ1v) is 12.5. The average Bonchev–Trinajstić information content (AvgIpc) is 2.52. The Morgan fingerprint density at radius 2 is 1.50 bits per heavy atom. The number of hydrogen-bond acceptors (Lipinski definition) is 0. The van der Waals surface area contributed by atoms with Crippen LogP contribution in [0.15, 0.2) is 54.6 Å². The first kappa shape index (κ1) is 17.5. The second kappa shape index (κ2) is 7.14. The average molecular weight is 375 g/mol. The molecule has 0 aliphatic carbocycles. The molecule has 0 heterocycles. The van der Waals surface area contributed by atoms with Crippen LogP contribution in [-0.4, -0.2) is 6.69 Å². The lowest BCUT2D eigenvalue weighted by molar-refractivity contribution is 0.745. The van der Waals surface area contributed by atoms with Crippen molar-refractivity contribution in [2.45, 2.75) is 52.0 Å². The molecule has 2 aromatic carbocycles. The number of unbranched alkanes of at least 4 members (excludes halogenated alkanes) is 1. The first-order valence-electron chi connectivity index (χ1n) is 8.24. The maximum absolute atomic E-state index is 4.30. The van der Waals surface area contributed by atoms with Crippen LogP contribution in [0.3, 0.4) is 0 Å². The molecule has 2 rings (SSSR count). The zero-order chi connectivity index (χ0) is 16.2. The molecule has 0 fully saturated rings. The SMILES string of the molecule is CCCCc1ccccc1[Si](Br)(c1ccccc1)C(C)(C)C. The summed E-state index contributed by atoms with van der Waals surface area (Å²) in [6, 6.07) is 20.1. The summed E-state index contributed by atoms with van der Waals surface area (Å²) in [6.45, 7) is 7.40. The van der Waals surface area contributed by atoms with Gasteiger partial charge in [0.1, 0.15) is 0 Å². The number of benzene rings is 2. The highest BCUT2D eigenvalue weighted by molar-refractivity contribution is 9.27. The maximum Gasteiger partial charge on any atom is 0.196 e. The normalized spacial score (nSPS) is 14.6. The minimum absolute atomic E-state index is 0.205. The predicted octanol–water partition coefficient (Wildman–Crippen LogP) is 5.28. The fourth-order valence-corrected chi connectivity index (χ4v) is 8.67. The van der Waals surface area contributed by atoms with Crippen molar-refractivity contribution in [1.29, 1.82) is 0 Å². The van der Waals surface area contributed by atoms with E-state index in [1.54, 1.807) is 5.19 Å². The third-order valence-corrected chi connectivity index (χ3v) is 15.0. The summed E-state index contributed by atoms with van der Waals surface area (Å²) in [5.74, 6) is 0. The van der Waals surface area contributed by atoms with Crippen molar-refractivity contribution in [2.75, 3.05) is 0 Å². The molecule has 0 aliphatic rings. The van der Waals surface area contributed by atoms with Crippen LogP contribution in [-0.2, 0) is 6.42 Å². The van der Waals surface area contributed by atoms with E-state index in [1.165, 1.54) is 30.0 Å². The van der Waals surface area contributed by atoms with E-state index in [0.717, 1.165) is 0 Å². The van der Waals surface area contributed by atoms with Crippen LogP contribution >= 0.6 is 15.3 Å². The van der Waals surface area contributed by atoms with E-state index in [4.69, 9.17) is 0 Å². The summed E-state index contributed by atoms with van der Waals surface area (Å²) >= 11 is 4.30. The smallest absolute Gasteiger partial charge is 0.113 e. The van der Waals surface area contributed by atoms with Crippen LogP contribution in [0.1, 0.15) is 46.1 Å². The second-order valence-electron chi connectivity index (χ2n) is 7.04. The molecule has 0 saturated carbocycles. The van der Waals surface area contributed by atoms with E-state index < -0.39 is 6.69 Å². The van der Waals surface area contributed by atoms with Crippen LogP contribution in [0.25, 0.3) is 0 Å². The number of halogens is 1. The van der Waals surface area contributed by atoms with Gasteiger partial charge in [-0.3, -0.25) is 0 Å². The highest BCUT2D eigenvalue weighted by Crippen LogP contribution is 2.40. The van der Waals surface area contributed by atoms with Gasteiger partial charge in [-0.1, -0.05) is 88.7 Å². The van der Waals surface area contributed by atoms with Crippen molar-refractivity contribution in [1.82, 2.24) is 0 Å². The summed E-state index contributed by atoms with van der Waals surface area (Å²) in [6.07, 6.45) is 3.68. The summed E-state index contributed by atoms with van der Waals surface area (Å²) < 4.78 is 0. The summed E-state index contributed by atoms with van der Waals surface area (Å²) in [5, 5.41) is 3.21. The van der Waals surface area contributed by atoms with Gasteiger partial charge in [0.25, 0.3) is 0 Å². The van der Waals surface area contributed by atoms with E-state index in [9.17, 15) is 0 Å².